The molecule has 0 saturated heterocycles. The van der Waals surface area contributed by atoms with Crippen LogP contribution in [0.3, 0.4) is 0 Å². The number of hydrogen-bond acceptors (Lipinski definition) is 5. The van der Waals surface area contributed by atoms with Gasteiger partial charge in [-0.2, -0.15) is 0 Å². The Labute approximate surface area is 117 Å². The highest BCUT2D eigenvalue weighted by molar-refractivity contribution is 6.81. The molecule has 0 rings (SSSR count). The molecule has 0 radical (unpaired) electrons. The van der Waals surface area contributed by atoms with E-state index >= 15 is 0 Å². The van der Waals surface area contributed by atoms with E-state index in [9.17, 15) is 9.90 Å². The summed E-state index contributed by atoms with van der Waals surface area (Å²) in [6.07, 6.45) is -0.847. The van der Waals surface area contributed by atoms with Crippen molar-refractivity contribution in [1.29, 1.82) is 0 Å². The summed E-state index contributed by atoms with van der Waals surface area (Å²) < 4.78 is 16.5. The maximum absolute atomic E-state index is 11.2. The minimum atomic E-state index is -2.24. The van der Waals surface area contributed by atoms with Crippen LogP contribution < -0.4 is 0 Å². The SMILES string of the molecule is C=C(C)C(=O)OCC(O)CO[Si](C)(C)O[Si](C)(C)C. The molecule has 0 aliphatic carbocycles. The summed E-state index contributed by atoms with van der Waals surface area (Å²) in [6, 6.07) is 0. The molecule has 0 bridgehead atoms. The number of ether oxygens (including phenoxy) is 1. The summed E-state index contributed by atoms with van der Waals surface area (Å²) in [5, 5.41) is 9.69. The standard InChI is InChI=1S/C12H26O5Si2/c1-10(2)12(14)15-8-11(13)9-16-19(6,7)17-18(3,4)5/h11,13H,1,8-9H2,2-7H3. The molecular weight excluding hydrogens is 280 g/mol. The first-order chi connectivity index (χ1) is 8.43. The van der Waals surface area contributed by atoms with Crippen molar-refractivity contribution in [3.8, 4) is 0 Å². The minimum absolute atomic E-state index is 0.0941. The van der Waals surface area contributed by atoms with Gasteiger partial charge in [0.1, 0.15) is 12.7 Å². The molecule has 0 fully saturated rings. The average Bonchev–Trinajstić information content (AvgIpc) is 2.19. The topological polar surface area (TPSA) is 65.0 Å². The van der Waals surface area contributed by atoms with Crippen LogP contribution in [0, 0.1) is 0 Å². The molecule has 1 N–H and O–H groups in total. The molecule has 0 spiro atoms. The Bertz CT molecular complexity index is 323. The Hall–Kier alpha value is -0.476. The molecule has 1 atom stereocenters. The molecule has 0 aromatic carbocycles. The fraction of sp³-hybridized carbons (Fsp3) is 0.750. The monoisotopic (exact) mass is 306 g/mol. The largest absolute Gasteiger partial charge is 0.460 e. The third-order valence-corrected chi connectivity index (χ3v) is 7.21. The van der Waals surface area contributed by atoms with Crippen LogP contribution in [0.5, 0.6) is 0 Å². The van der Waals surface area contributed by atoms with Gasteiger partial charge in [-0.3, -0.25) is 0 Å². The summed E-state index contributed by atoms with van der Waals surface area (Å²) >= 11 is 0. The number of aliphatic hydroxyl groups excluding tert-OH is 1. The van der Waals surface area contributed by atoms with Crippen LogP contribution in [-0.4, -0.2) is 47.3 Å². The zero-order chi connectivity index (χ0) is 15.3. The summed E-state index contributed by atoms with van der Waals surface area (Å²) in [7, 11) is -3.89. The van der Waals surface area contributed by atoms with Crippen molar-refractivity contribution in [3.63, 3.8) is 0 Å². The highest BCUT2D eigenvalue weighted by Gasteiger charge is 2.32. The first-order valence-electron chi connectivity index (χ1n) is 6.28. The van der Waals surface area contributed by atoms with E-state index in [1.165, 1.54) is 0 Å². The van der Waals surface area contributed by atoms with E-state index in [0.29, 0.717) is 5.57 Å². The number of carbonyl (C=O) groups is 1. The third-order valence-electron chi connectivity index (χ3n) is 1.93. The molecule has 7 heteroatoms. The third kappa shape index (κ3) is 10.0. The van der Waals surface area contributed by atoms with Crippen molar-refractivity contribution in [3.05, 3.63) is 12.2 Å². The van der Waals surface area contributed by atoms with E-state index in [0.717, 1.165) is 0 Å². The Balaban J connectivity index is 4.05. The van der Waals surface area contributed by atoms with Gasteiger partial charge in [-0.1, -0.05) is 6.58 Å². The van der Waals surface area contributed by atoms with E-state index in [-0.39, 0.29) is 13.2 Å². The Kier molecular flexibility index (Phi) is 7.16. The van der Waals surface area contributed by atoms with Crippen molar-refractivity contribution >= 4 is 22.8 Å². The molecule has 0 saturated carbocycles. The Morgan fingerprint density at radius 1 is 1.21 bits per heavy atom. The van der Waals surface area contributed by atoms with Gasteiger partial charge >= 0.3 is 14.5 Å². The van der Waals surface area contributed by atoms with Crippen LogP contribution in [0.15, 0.2) is 12.2 Å². The van der Waals surface area contributed by atoms with Crippen molar-refractivity contribution < 1.29 is 23.2 Å². The summed E-state index contributed by atoms with van der Waals surface area (Å²) in [5.41, 5.74) is 0.310. The molecule has 1 unspecified atom stereocenters. The van der Waals surface area contributed by atoms with Gasteiger partial charge in [-0.15, -0.1) is 0 Å². The smallest absolute Gasteiger partial charge is 0.333 e. The van der Waals surface area contributed by atoms with Crippen LogP contribution >= 0.6 is 0 Å². The Morgan fingerprint density at radius 3 is 2.16 bits per heavy atom. The van der Waals surface area contributed by atoms with Gasteiger partial charge < -0.3 is 18.4 Å². The second kappa shape index (κ2) is 7.34. The average molecular weight is 307 g/mol. The molecule has 5 nitrogen and oxygen atoms in total. The number of esters is 1. The predicted molar refractivity (Wildman–Crippen MR) is 79.6 cm³/mol. The number of hydrogen-bond donors (Lipinski definition) is 1. The van der Waals surface area contributed by atoms with Gasteiger partial charge in [0.2, 0.25) is 0 Å². The lowest BCUT2D eigenvalue weighted by atomic mass is 10.3. The molecule has 0 aromatic rings. The summed E-state index contributed by atoms with van der Waals surface area (Å²) in [4.78, 5) is 11.2. The second-order valence-corrected chi connectivity index (χ2v) is 14.1. The normalized spacial score (nSPS) is 14.1. The van der Waals surface area contributed by atoms with Gasteiger partial charge in [0.25, 0.3) is 0 Å². The molecule has 0 amide bonds. The van der Waals surface area contributed by atoms with Crippen LogP contribution in [0.2, 0.25) is 32.7 Å². The lowest BCUT2D eigenvalue weighted by Crippen LogP contribution is -2.46. The first kappa shape index (κ1) is 18.5. The molecule has 0 aromatic heterocycles. The fourth-order valence-corrected chi connectivity index (χ4v) is 8.14. The Morgan fingerprint density at radius 2 is 1.74 bits per heavy atom. The van der Waals surface area contributed by atoms with Crippen LogP contribution in [0.1, 0.15) is 6.92 Å². The maximum atomic E-state index is 11.2. The second-order valence-electron chi connectivity index (χ2n) is 5.96. The van der Waals surface area contributed by atoms with Crippen LogP contribution in [0.25, 0.3) is 0 Å². The van der Waals surface area contributed by atoms with E-state index in [4.69, 9.17) is 13.3 Å². The first-order valence-corrected chi connectivity index (χ1v) is 12.5. The van der Waals surface area contributed by atoms with E-state index in [2.05, 4.69) is 26.2 Å². The number of aliphatic hydroxyl groups is 1. The van der Waals surface area contributed by atoms with Crippen molar-refractivity contribution in [2.75, 3.05) is 13.2 Å². The zero-order valence-corrected chi connectivity index (χ0v) is 14.8. The highest BCUT2D eigenvalue weighted by atomic mass is 28.4. The van der Waals surface area contributed by atoms with Crippen molar-refractivity contribution in [2.45, 2.75) is 45.8 Å². The van der Waals surface area contributed by atoms with E-state index in [1.54, 1.807) is 6.92 Å². The van der Waals surface area contributed by atoms with Crippen LogP contribution in [0.4, 0.5) is 0 Å². The minimum Gasteiger partial charge on any atom is -0.460 e. The fourth-order valence-electron chi connectivity index (χ4n) is 1.41. The lowest BCUT2D eigenvalue weighted by molar-refractivity contribution is -0.142. The molecule has 112 valence electrons. The highest BCUT2D eigenvalue weighted by Crippen LogP contribution is 2.15. The number of rotatable bonds is 8. The molecular formula is C12H26O5Si2. The van der Waals surface area contributed by atoms with Crippen molar-refractivity contribution in [2.24, 2.45) is 0 Å². The van der Waals surface area contributed by atoms with E-state index in [1.807, 2.05) is 13.1 Å². The molecule has 0 heterocycles. The maximum Gasteiger partial charge on any atom is 0.333 e. The van der Waals surface area contributed by atoms with Gasteiger partial charge in [-0.25, -0.2) is 4.79 Å². The molecule has 0 aliphatic rings. The number of carbonyl (C=O) groups excluding carboxylic acids is 1. The van der Waals surface area contributed by atoms with Gasteiger partial charge in [-0.05, 0) is 39.7 Å². The predicted octanol–water partition coefficient (Wildman–Crippen LogP) is 2.04. The molecule has 19 heavy (non-hydrogen) atoms. The van der Waals surface area contributed by atoms with Crippen molar-refractivity contribution in [1.82, 2.24) is 0 Å². The van der Waals surface area contributed by atoms with Gasteiger partial charge in [0.05, 0.1) is 6.61 Å². The summed E-state index contributed by atoms with van der Waals surface area (Å²) in [5.74, 6) is -0.506. The quantitative estimate of drug-likeness (QED) is 0.422. The zero-order valence-electron chi connectivity index (χ0n) is 12.8. The van der Waals surface area contributed by atoms with Gasteiger partial charge in [0.15, 0.2) is 8.32 Å². The molecule has 0 aliphatic heterocycles. The lowest BCUT2D eigenvalue weighted by Gasteiger charge is -2.31. The van der Waals surface area contributed by atoms with E-state index < -0.39 is 29.0 Å². The van der Waals surface area contributed by atoms with Gasteiger partial charge in [0, 0.05) is 5.57 Å². The summed E-state index contributed by atoms with van der Waals surface area (Å²) in [6.45, 7) is 15.2. The van der Waals surface area contributed by atoms with Crippen LogP contribution in [-0.2, 0) is 18.1 Å².